The van der Waals surface area contributed by atoms with Gasteiger partial charge in [-0.1, -0.05) is 24.3 Å². The number of aromatic hydroxyl groups is 3. The molecule has 2 heterocycles. The highest BCUT2D eigenvalue weighted by molar-refractivity contribution is 6.02. The monoisotopic (exact) mass is 580 g/mol. The number of carbonyl (C=O) groups is 2. The van der Waals surface area contributed by atoms with Gasteiger partial charge in [0.2, 0.25) is 6.29 Å². The maximum Gasteiger partial charge on any atom is 0.331 e. The van der Waals surface area contributed by atoms with Crippen LogP contribution in [0, 0.1) is 0 Å². The second-order valence-corrected chi connectivity index (χ2v) is 9.79. The number of carbonyl (C=O) groups excluding carboxylic acids is 2. The van der Waals surface area contributed by atoms with Crippen molar-refractivity contribution < 1.29 is 59.2 Å². The number of phenolic OH excluding ortho intramolecular Hbond substituents is 3. The summed E-state index contributed by atoms with van der Waals surface area (Å²) >= 11 is 0. The van der Waals surface area contributed by atoms with Crippen LogP contribution in [0.2, 0.25) is 0 Å². The first-order valence-corrected chi connectivity index (χ1v) is 13.0. The van der Waals surface area contributed by atoms with E-state index in [2.05, 4.69) is 0 Å². The van der Waals surface area contributed by atoms with Crippen LogP contribution in [0.1, 0.15) is 34.0 Å². The Kier molecular flexibility index (Phi) is 8.31. The molecule has 0 aromatic heterocycles. The molecule has 0 saturated carbocycles. The predicted octanol–water partition coefficient (Wildman–Crippen LogP) is 1.95. The lowest BCUT2D eigenvalue weighted by Crippen LogP contribution is -2.61. The number of ether oxygens (including phenoxy) is 4. The maximum absolute atomic E-state index is 12.8. The van der Waals surface area contributed by atoms with E-state index in [4.69, 9.17) is 18.9 Å². The molecule has 0 unspecified atom stereocenters. The van der Waals surface area contributed by atoms with Crippen molar-refractivity contribution in [3.63, 3.8) is 0 Å². The summed E-state index contributed by atoms with van der Waals surface area (Å²) in [4.78, 5) is 25.3. The first kappa shape index (κ1) is 28.9. The quantitative estimate of drug-likeness (QED) is 0.176. The number of fused-ring (bicyclic) bond motifs is 1. The van der Waals surface area contributed by atoms with Gasteiger partial charge < -0.3 is 49.6 Å². The highest BCUT2D eigenvalue weighted by Crippen LogP contribution is 2.42. The van der Waals surface area contributed by atoms with E-state index in [1.165, 1.54) is 36.4 Å². The lowest BCUT2D eigenvalue weighted by atomic mass is 9.95. The first-order chi connectivity index (χ1) is 20.1. The summed E-state index contributed by atoms with van der Waals surface area (Å²) in [5.41, 5.74) is 1.14. The van der Waals surface area contributed by atoms with Gasteiger partial charge in [0.15, 0.2) is 18.0 Å². The fourth-order valence-electron chi connectivity index (χ4n) is 4.70. The minimum atomic E-state index is -1.74. The largest absolute Gasteiger partial charge is 0.508 e. The van der Waals surface area contributed by atoms with Gasteiger partial charge in [0, 0.05) is 18.2 Å². The van der Waals surface area contributed by atoms with Crippen LogP contribution in [0.5, 0.6) is 28.7 Å². The van der Waals surface area contributed by atoms with Gasteiger partial charge >= 0.3 is 5.97 Å². The molecule has 0 bridgehead atoms. The van der Waals surface area contributed by atoms with Crippen molar-refractivity contribution in [1.82, 2.24) is 0 Å². The average Bonchev–Trinajstić information content (AvgIpc) is 2.96. The minimum absolute atomic E-state index is 0.00529. The lowest BCUT2D eigenvalue weighted by Gasteiger charge is -2.41. The molecule has 5 rings (SSSR count). The van der Waals surface area contributed by atoms with Crippen LogP contribution in [0.15, 0.2) is 66.7 Å². The van der Waals surface area contributed by atoms with Crippen molar-refractivity contribution in [3.05, 3.63) is 83.4 Å². The SMILES string of the molecule is O=C(/C=C/c1ccc(O)cc1)O[C@@H]1[C@@H](O)[C@H](Oc2cc(O)c3c(c2)O[C@H](c2ccc(O)cc2)CC3=O)O[C@H](CO)[C@H]1O. The summed E-state index contributed by atoms with van der Waals surface area (Å²) in [6.07, 6.45) is -6.09. The van der Waals surface area contributed by atoms with Gasteiger partial charge in [-0.25, -0.2) is 4.79 Å². The molecule has 0 radical (unpaired) electrons. The van der Waals surface area contributed by atoms with Gasteiger partial charge in [-0.15, -0.1) is 0 Å². The number of benzene rings is 3. The smallest absolute Gasteiger partial charge is 0.331 e. The van der Waals surface area contributed by atoms with Crippen LogP contribution in [0.25, 0.3) is 6.08 Å². The zero-order chi connectivity index (χ0) is 30.0. The Morgan fingerprint density at radius 1 is 0.952 bits per heavy atom. The van der Waals surface area contributed by atoms with Gasteiger partial charge in [0.1, 0.15) is 52.6 Å². The van der Waals surface area contributed by atoms with Crippen LogP contribution < -0.4 is 9.47 Å². The van der Waals surface area contributed by atoms with E-state index in [1.54, 1.807) is 24.3 Å². The molecule has 3 aromatic carbocycles. The van der Waals surface area contributed by atoms with Crippen molar-refractivity contribution in [2.75, 3.05) is 6.61 Å². The van der Waals surface area contributed by atoms with Crippen LogP contribution in [0.3, 0.4) is 0 Å². The van der Waals surface area contributed by atoms with Crippen LogP contribution in [0.4, 0.5) is 0 Å². The molecule has 1 fully saturated rings. The Balaban J connectivity index is 1.33. The number of Topliss-reactive ketones (excluding diaryl/α,β-unsaturated/α-hetero) is 1. The van der Waals surface area contributed by atoms with E-state index >= 15 is 0 Å². The van der Waals surface area contributed by atoms with E-state index < -0.39 is 55.1 Å². The minimum Gasteiger partial charge on any atom is -0.508 e. The Hall–Kier alpha value is -4.62. The third-order valence-corrected chi connectivity index (χ3v) is 6.87. The molecule has 2 aliphatic rings. The predicted molar refractivity (Wildman–Crippen MR) is 144 cm³/mol. The number of hydrogen-bond donors (Lipinski definition) is 6. The summed E-state index contributed by atoms with van der Waals surface area (Å²) in [7, 11) is 0. The number of phenols is 3. The van der Waals surface area contributed by atoms with Gasteiger partial charge in [0.25, 0.3) is 0 Å². The van der Waals surface area contributed by atoms with Gasteiger partial charge in [-0.2, -0.15) is 0 Å². The molecule has 12 heteroatoms. The standard InChI is InChI=1S/C30H28O12/c31-14-24-27(37)29(42-25(36)10-3-15-1-6-17(32)7-2-15)28(38)30(41-24)39-19-11-20(34)26-21(35)13-22(40-23(26)12-19)16-4-8-18(33)9-5-16/h1-12,22,24,27-34,37-38H,13-14H2/b10-3+/t22-,24+,27+,28+,29-,30+/m0/s1. The Labute approximate surface area is 239 Å². The number of esters is 1. The number of aliphatic hydroxyl groups is 3. The molecule has 1 saturated heterocycles. The molecule has 42 heavy (non-hydrogen) atoms. The third-order valence-electron chi connectivity index (χ3n) is 6.87. The van der Waals surface area contributed by atoms with Gasteiger partial charge in [-0.3, -0.25) is 4.79 Å². The summed E-state index contributed by atoms with van der Waals surface area (Å²) in [5, 5.41) is 60.8. The molecule has 0 spiro atoms. The second-order valence-electron chi connectivity index (χ2n) is 9.79. The van der Waals surface area contributed by atoms with Gasteiger partial charge in [-0.05, 0) is 41.5 Å². The molecule has 6 N–H and O–H groups in total. The van der Waals surface area contributed by atoms with Gasteiger partial charge in [0.05, 0.1) is 13.0 Å². The fraction of sp³-hybridized carbons (Fsp3) is 0.267. The normalized spacial score (nSPS) is 25.5. The van der Waals surface area contributed by atoms with E-state index in [9.17, 15) is 40.2 Å². The van der Waals surface area contributed by atoms with E-state index in [1.807, 2.05) is 0 Å². The molecule has 0 amide bonds. The second kappa shape index (κ2) is 12.1. The first-order valence-electron chi connectivity index (χ1n) is 13.0. The fourth-order valence-corrected chi connectivity index (χ4v) is 4.70. The molecular formula is C30H28O12. The Morgan fingerprint density at radius 2 is 1.62 bits per heavy atom. The van der Waals surface area contributed by atoms with Crippen molar-refractivity contribution >= 4 is 17.8 Å². The summed E-state index contributed by atoms with van der Waals surface area (Å²) < 4.78 is 22.5. The van der Waals surface area contributed by atoms with Crippen LogP contribution in [-0.4, -0.2) is 79.7 Å². The molecule has 2 aliphatic heterocycles. The van der Waals surface area contributed by atoms with Crippen molar-refractivity contribution in [3.8, 4) is 28.7 Å². The molecule has 3 aromatic rings. The molecular weight excluding hydrogens is 552 g/mol. The van der Waals surface area contributed by atoms with Crippen LogP contribution >= 0.6 is 0 Å². The number of aliphatic hydroxyl groups excluding tert-OH is 3. The zero-order valence-electron chi connectivity index (χ0n) is 21.9. The van der Waals surface area contributed by atoms with E-state index in [0.29, 0.717) is 11.1 Å². The highest BCUT2D eigenvalue weighted by atomic mass is 16.7. The Bertz CT molecular complexity index is 1470. The Morgan fingerprint density at radius 3 is 2.29 bits per heavy atom. The number of rotatable bonds is 7. The maximum atomic E-state index is 12.8. The zero-order valence-corrected chi connectivity index (χ0v) is 21.9. The van der Waals surface area contributed by atoms with E-state index in [-0.39, 0.29) is 40.8 Å². The van der Waals surface area contributed by atoms with E-state index in [0.717, 1.165) is 12.1 Å². The molecule has 6 atom stereocenters. The van der Waals surface area contributed by atoms with Crippen LogP contribution in [-0.2, 0) is 14.3 Å². The lowest BCUT2D eigenvalue weighted by molar-refractivity contribution is -0.280. The molecule has 12 nitrogen and oxygen atoms in total. The van der Waals surface area contributed by atoms with Crippen molar-refractivity contribution in [2.45, 2.75) is 43.2 Å². The number of ketones is 1. The van der Waals surface area contributed by atoms with Crippen molar-refractivity contribution in [2.24, 2.45) is 0 Å². The number of hydrogen-bond acceptors (Lipinski definition) is 12. The molecule has 220 valence electrons. The topological polar surface area (TPSA) is 192 Å². The third kappa shape index (κ3) is 6.16. The highest BCUT2D eigenvalue weighted by Gasteiger charge is 2.48. The summed E-state index contributed by atoms with van der Waals surface area (Å²) in [6.45, 7) is -0.702. The van der Waals surface area contributed by atoms with Crippen molar-refractivity contribution in [1.29, 1.82) is 0 Å². The summed E-state index contributed by atoms with van der Waals surface area (Å²) in [5.74, 6) is -1.73. The average molecular weight is 581 g/mol. The summed E-state index contributed by atoms with van der Waals surface area (Å²) in [6, 6.07) is 14.5. The molecule has 0 aliphatic carbocycles.